The van der Waals surface area contributed by atoms with E-state index in [2.05, 4.69) is 36.2 Å². The van der Waals surface area contributed by atoms with Gasteiger partial charge in [0.2, 0.25) is 0 Å². The summed E-state index contributed by atoms with van der Waals surface area (Å²) in [5.74, 6) is 0.690. The number of ether oxygens (including phenoxy) is 1. The third kappa shape index (κ3) is 5.60. The normalized spacial score (nSPS) is 10.8. The maximum Gasteiger partial charge on any atom is 0.258 e. The Kier molecular flexibility index (Phi) is 7.67. The summed E-state index contributed by atoms with van der Waals surface area (Å²) in [7, 11) is 0. The summed E-state index contributed by atoms with van der Waals surface area (Å²) in [6, 6.07) is 14.2. The second-order valence-electron chi connectivity index (χ2n) is 6.52. The van der Waals surface area contributed by atoms with Gasteiger partial charge in [0.1, 0.15) is 5.75 Å². The number of para-hydroxylation sites is 1. The van der Waals surface area contributed by atoms with E-state index in [1.165, 1.54) is 5.56 Å². The molecule has 0 saturated carbocycles. The van der Waals surface area contributed by atoms with Crippen molar-refractivity contribution in [1.29, 1.82) is 0 Å². The molecule has 0 aromatic heterocycles. The van der Waals surface area contributed by atoms with E-state index in [-0.39, 0.29) is 12.5 Å². The number of hydrogen-bond acceptors (Lipinski definition) is 3. The van der Waals surface area contributed by atoms with Gasteiger partial charge in [-0.05, 0) is 49.2 Å². The second-order valence-corrected chi connectivity index (χ2v) is 6.52. The van der Waals surface area contributed by atoms with Gasteiger partial charge in [0, 0.05) is 13.1 Å². The lowest BCUT2D eigenvalue weighted by molar-refractivity contribution is -0.123. The van der Waals surface area contributed by atoms with Crippen LogP contribution in [-0.4, -0.2) is 30.5 Å². The van der Waals surface area contributed by atoms with Gasteiger partial charge < -0.3 is 10.1 Å². The first-order valence-electron chi connectivity index (χ1n) is 9.30. The molecule has 0 bridgehead atoms. The Bertz CT molecular complexity index is 704. The van der Waals surface area contributed by atoms with Crippen molar-refractivity contribution >= 4 is 5.91 Å². The minimum absolute atomic E-state index is 0.0317. The van der Waals surface area contributed by atoms with Crippen molar-refractivity contribution in [1.82, 2.24) is 10.2 Å². The predicted molar refractivity (Wildman–Crippen MR) is 106 cm³/mol. The number of rotatable bonds is 9. The fourth-order valence-corrected chi connectivity index (χ4v) is 2.98. The zero-order valence-corrected chi connectivity index (χ0v) is 16.3. The highest BCUT2D eigenvalue weighted by atomic mass is 16.5. The maximum atomic E-state index is 12.2. The monoisotopic (exact) mass is 354 g/mol. The molecule has 0 saturated heterocycles. The minimum Gasteiger partial charge on any atom is -0.483 e. The van der Waals surface area contributed by atoms with Crippen LogP contribution in [0.15, 0.2) is 42.5 Å². The molecule has 4 heteroatoms. The molecule has 0 aliphatic heterocycles. The molecule has 0 atom stereocenters. The first-order valence-corrected chi connectivity index (χ1v) is 9.30. The molecule has 0 unspecified atom stereocenters. The van der Waals surface area contributed by atoms with Gasteiger partial charge in [0.05, 0.1) is 0 Å². The Morgan fingerprint density at radius 3 is 2.19 bits per heavy atom. The van der Waals surface area contributed by atoms with Gasteiger partial charge in [-0.25, -0.2) is 0 Å². The molecule has 1 N–H and O–H groups in total. The average Bonchev–Trinajstić information content (AvgIpc) is 2.64. The van der Waals surface area contributed by atoms with E-state index >= 15 is 0 Å². The van der Waals surface area contributed by atoms with E-state index < -0.39 is 0 Å². The molecule has 26 heavy (non-hydrogen) atoms. The summed E-state index contributed by atoms with van der Waals surface area (Å²) in [5, 5.41) is 2.98. The summed E-state index contributed by atoms with van der Waals surface area (Å²) >= 11 is 0. The Hall–Kier alpha value is -2.33. The van der Waals surface area contributed by atoms with Crippen LogP contribution < -0.4 is 10.1 Å². The molecule has 0 spiro atoms. The molecule has 0 heterocycles. The standard InChI is InChI=1S/C22H30N2O2/c1-5-24(6-2)15-20-13-8-7-12-19(20)14-23-21(25)16-26-22-17(3)10-9-11-18(22)4/h7-13H,5-6,14-16H2,1-4H3,(H,23,25). The van der Waals surface area contributed by atoms with Crippen LogP contribution in [0.3, 0.4) is 0 Å². The summed E-state index contributed by atoms with van der Waals surface area (Å²) in [6.07, 6.45) is 0. The highest BCUT2D eigenvalue weighted by molar-refractivity contribution is 5.77. The van der Waals surface area contributed by atoms with Crippen molar-refractivity contribution in [3.63, 3.8) is 0 Å². The topological polar surface area (TPSA) is 41.6 Å². The Morgan fingerprint density at radius 2 is 1.58 bits per heavy atom. The number of benzene rings is 2. The van der Waals surface area contributed by atoms with Crippen molar-refractivity contribution in [2.24, 2.45) is 0 Å². The lowest BCUT2D eigenvalue weighted by atomic mass is 10.1. The van der Waals surface area contributed by atoms with E-state index in [4.69, 9.17) is 4.74 Å². The molecule has 0 aliphatic rings. The molecule has 0 fully saturated rings. The van der Waals surface area contributed by atoms with Gasteiger partial charge >= 0.3 is 0 Å². The Balaban J connectivity index is 1.91. The summed E-state index contributed by atoms with van der Waals surface area (Å²) in [4.78, 5) is 14.6. The quantitative estimate of drug-likeness (QED) is 0.744. The van der Waals surface area contributed by atoms with Crippen molar-refractivity contribution < 1.29 is 9.53 Å². The number of nitrogens with one attached hydrogen (secondary N) is 1. The highest BCUT2D eigenvalue weighted by Crippen LogP contribution is 2.22. The summed E-state index contributed by atoms with van der Waals surface area (Å²) < 4.78 is 5.73. The SMILES string of the molecule is CCN(CC)Cc1ccccc1CNC(=O)COc1c(C)cccc1C. The zero-order chi connectivity index (χ0) is 18.9. The molecule has 4 nitrogen and oxygen atoms in total. The van der Waals surface area contributed by atoms with Gasteiger partial charge in [-0.15, -0.1) is 0 Å². The van der Waals surface area contributed by atoms with Gasteiger partial charge in [0.25, 0.3) is 5.91 Å². The first kappa shape index (κ1) is 20.0. The third-order valence-corrected chi connectivity index (χ3v) is 4.64. The third-order valence-electron chi connectivity index (χ3n) is 4.64. The molecule has 2 rings (SSSR count). The predicted octanol–water partition coefficient (Wildman–Crippen LogP) is 3.84. The fourth-order valence-electron chi connectivity index (χ4n) is 2.98. The van der Waals surface area contributed by atoms with Crippen LogP contribution in [0, 0.1) is 13.8 Å². The molecule has 0 radical (unpaired) electrons. The van der Waals surface area contributed by atoms with Crippen molar-refractivity contribution in [2.75, 3.05) is 19.7 Å². The van der Waals surface area contributed by atoms with Crippen LogP contribution in [0.25, 0.3) is 0 Å². The second kappa shape index (κ2) is 9.97. The zero-order valence-electron chi connectivity index (χ0n) is 16.3. The lowest BCUT2D eigenvalue weighted by Gasteiger charge is -2.20. The summed E-state index contributed by atoms with van der Waals surface area (Å²) in [6.45, 7) is 11.8. The number of amides is 1. The van der Waals surface area contributed by atoms with Gasteiger partial charge in [0.15, 0.2) is 6.61 Å². The van der Waals surface area contributed by atoms with Crippen molar-refractivity contribution in [2.45, 2.75) is 40.8 Å². The van der Waals surface area contributed by atoms with Crippen LogP contribution in [0.2, 0.25) is 0 Å². The van der Waals surface area contributed by atoms with Gasteiger partial charge in [-0.3, -0.25) is 9.69 Å². The van der Waals surface area contributed by atoms with Crippen LogP contribution in [0.1, 0.15) is 36.1 Å². The Morgan fingerprint density at radius 1 is 0.962 bits per heavy atom. The Labute approximate surface area is 157 Å². The number of aryl methyl sites for hydroxylation is 2. The number of nitrogens with zero attached hydrogens (tertiary/aromatic N) is 1. The molecule has 140 valence electrons. The molecule has 0 aliphatic carbocycles. The number of carbonyl (C=O) groups excluding carboxylic acids is 1. The average molecular weight is 354 g/mol. The van der Waals surface area contributed by atoms with Crippen molar-refractivity contribution in [3.05, 3.63) is 64.7 Å². The van der Waals surface area contributed by atoms with E-state index in [1.807, 2.05) is 44.2 Å². The minimum atomic E-state index is -0.106. The van der Waals surface area contributed by atoms with E-state index in [9.17, 15) is 4.79 Å². The number of carbonyl (C=O) groups is 1. The van der Waals surface area contributed by atoms with E-state index in [1.54, 1.807) is 0 Å². The van der Waals surface area contributed by atoms with Crippen LogP contribution in [0.4, 0.5) is 0 Å². The van der Waals surface area contributed by atoms with Crippen LogP contribution in [0.5, 0.6) is 5.75 Å². The lowest BCUT2D eigenvalue weighted by Crippen LogP contribution is -2.29. The van der Waals surface area contributed by atoms with Gasteiger partial charge in [-0.1, -0.05) is 56.3 Å². The van der Waals surface area contributed by atoms with Gasteiger partial charge in [-0.2, -0.15) is 0 Å². The van der Waals surface area contributed by atoms with E-state index in [0.29, 0.717) is 6.54 Å². The molecular weight excluding hydrogens is 324 g/mol. The molecule has 2 aromatic carbocycles. The maximum absolute atomic E-state index is 12.2. The fraction of sp³-hybridized carbons (Fsp3) is 0.409. The highest BCUT2D eigenvalue weighted by Gasteiger charge is 2.09. The summed E-state index contributed by atoms with van der Waals surface area (Å²) in [5.41, 5.74) is 4.50. The molecule has 2 aromatic rings. The van der Waals surface area contributed by atoms with Crippen LogP contribution in [-0.2, 0) is 17.9 Å². The largest absolute Gasteiger partial charge is 0.483 e. The van der Waals surface area contributed by atoms with E-state index in [0.717, 1.165) is 42.1 Å². The number of hydrogen-bond donors (Lipinski definition) is 1. The molecular formula is C22H30N2O2. The van der Waals surface area contributed by atoms with Crippen molar-refractivity contribution in [3.8, 4) is 5.75 Å². The van der Waals surface area contributed by atoms with Crippen LogP contribution >= 0.6 is 0 Å². The molecule has 1 amide bonds. The smallest absolute Gasteiger partial charge is 0.258 e. The first-order chi connectivity index (χ1) is 12.5.